The van der Waals surface area contributed by atoms with Gasteiger partial charge in [0, 0.05) is 5.02 Å². The smallest absolute Gasteiger partial charge is 0.244 e. The van der Waals surface area contributed by atoms with E-state index >= 15 is 0 Å². The fourth-order valence-electron chi connectivity index (χ4n) is 1.95. The maximum atomic E-state index is 11.8. The summed E-state index contributed by atoms with van der Waals surface area (Å²) in [5, 5.41) is 5.07. The second kappa shape index (κ2) is 8.71. The summed E-state index contributed by atoms with van der Waals surface area (Å²) in [6.45, 7) is 3.86. The first-order chi connectivity index (χ1) is 11.4. The lowest BCUT2D eigenvalue weighted by atomic mass is 10.1. The Morgan fingerprint density at radius 1 is 1.21 bits per heavy atom. The van der Waals surface area contributed by atoms with E-state index in [1.54, 1.807) is 36.4 Å². The maximum absolute atomic E-state index is 11.8. The first-order valence-corrected chi connectivity index (χ1v) is 8.22. The summed E-state index contributed by atoms with van der Waals surface area (Å²) < 4.78 is 5.56. The second-order valence-electron chi connectivity index (χ2n) is 5.45. The van der Waals surface area contributed by atoms with Crippen molar-refractivity contribution in [1.29, 1.82) is 0 Å². The molecule has 0 radical (unpaired) electrons. The predicted octanol–water partition coefficient (Wildman–Crippen LogP) is 4.47. The molecule has 0 aliphatic carbocycles. The zero-order chi connectivity index (χ0) is 17.5. The van der Waals surface area contributed by atoms with E-state index in [0.29, 0.717) is 15.8 Å². The fourth-order valence-corrected chi connectivity index (χ4v) is 2.31. The van der Waals surface area contributed by atoms with Crippen molar-refractivity contribution in [2.45, 2.75) is 26.4 Å². The summed E-state index contributed by atoms with van der Waals surface area (Å²) >= 11 is 12.0. The Labute approximate surface area is 151 Å². The number of hydrogen-bond donors (Lipinski definition) is 1. The summed E-state index contributed by atoms with van der Waals surface area (Å²) in [5.41, 5.74) is 4.12. The monoisotopic (exact) mass is 364 g/mol. The zero-order valence-electron chi connectivity index (χ0n) is 13.4. The summed E-state index contributed by atoms with van der Waals surface area (Å²) in [7, 11) is 0. The van der Waals surface area contributed by atoms with Gasteiger partial charge in [0.2, 0.25) is 5.91 Å². The number of benzene rings is 2. The molecule has 4 nitrogen and oxygen atoms in total. The molecular weight excluding hydrogens is 347 g/mol. The van der Waals surface area contributed by atoms with Crippen LogP contribution in [0.1, 0.15) is 25.0 Å². The standard InChI is InChI=1S/C18H18Cl2N2O2/c1-12(2)24-17-8-5-14(9-16(17)20)11-21-22-18(23)10-13-3-6-15(19)7-4-13/h3-9,11-12H,10H2,1-2H3,(H,22,23)/b21-11-. The molecule has 0 atom stereocenters. The molecule has 2 aromatic rings. The van der Waals surface area contributed by atoms with E-state index in [0.717, 1.165) is 11.1 Å². The SMILES string of the molecule is CC(C)Oc1ccc(/C=N\NC(=O)Cc2ccc(Cl)cc2)cc1Cl. The first kappa shape index (κ1) is 18.3. The molecule has 0 saturated heterocycles. The molecule has 0 aliphatic heterocycles. The average Bonchev–Trinajstić information content (AvgIpc) is 2.52. The lowest BCUT2D eigenvalue weighted by Crippen LogP contribution is -2.19. The molecule has 0 heterocycles. The van der Waals surface area contributed by atoms with Crippen LogP contribution in [0, 0.1) is 0 Å². The molecule has 0 bridgehead atoms. The highest BCUT2D eigenvalue weighted by Crippen LogP contribution is 2.25. The van der Waals surface area contributed by atoms with Crippen molar-refractivity contribution >= 4 is 35.3 Å². The van der Waals surface area contributed by atoms with E-state index in [4.69, 9.17) is 27.9 Å². The molecule has 0 aliphatic rings. The molecule has 2 aromatic carbocycles. The van der Waals surface area contributed by atoms with Gasteiger partial charge in [-0.05, 0) is 55.3 Å². The van der Waals surface area contributed by atoms with E-state index in [1.165, 1.54) is 6.21 Å². The van der Waals surface area contributed by atoms with Gasteiger partial charge in [-0.3, -0.25) is 4.79 Å². The molecule has 0 unspecified atom stereocenters. The first-order valence-electron chi connectivity index (χ1n) is 7.46. The minimum atomic E-state index is -0.209. The van der Waals surface area contributed by atoms with Gasteiger partial charge in [0.15, 0.2) is 0 Å². The van der Waals surface area contributed by atoms with Crippen molar-refractivity contribution in [3.63, 3.8) is 0 Å². The maximum Gasteiger partial charge on any atom is 0.244 e. The van der Waals surface area contributed by atoms with Crippen LogP contribution in [-0.2, 0) is 11.2 Å². The van der Waals surface area contributed by atoms with E-state index in [2.05, 4.69) is 10.5 Å². The van der Waals surface area contributed by atoms with Crippen LogP contribution < -0.4 is 10.2 Å². The molecule has 24 heavy (non-hydrogen) atoms. The van der Waals surface area contributed by atoms with E-state index < -0.39 is 0 Å². The van der Waals surface area contributed by atoms with Crippen LogP contribution >= 0.6 is 23.2 Å². The van der Waals surface area contributed by atoms with Crippen LogP contribution in [0.5, 0.6) is 5.75 Å². The Kier molecular flexibility index (Phi) is 6.64. The molecule has 1 amide bonds. The Balaban J connectivity index is 1.90. The van der Waals surface area contributed by atoms with E-state index in [-0.39, 0.29) is 18.4 Å². The van der Waals surface area contributed by atoms with Crippen LogP contribution in [-0.4, -0.2) is 18.2 Å². The third-order valence-corrected chi connectivity index (χ3v) is 3.55. The Bertz CT molecular complexity index is 728. The van der Waals surface area contributed by atoms with Gasteiger partial charge in [0.25, 0.3) is 0 Å². The highest BCUT2D eigenvalue weighted by molar-refractivity contribution is 6.32. The highest BCUT2D eigenvalue weighted by atomic mass is 35.5. The Morgan fingerprint density at radius 3 is 2.54 bits per heavy atom. The average molecular weight is 365 g/mol. The van der Waals surface area contributed by atoms with Gasteiger partial charge in [0.1, 0.15) is 5.75 Å². The van der Waals surface area contributed by atoms with Gasteiger partial charge < -0.3 is 4.74 Å². The molecule has 2 rings (SSSR count). The van der Waals surface area contributed by atoms with Crippen molar-refractivity contribution in [3.8, 4) is 5.75 Å². The van der Waals surface area contributed by atoms with Crippen LogP contribution in [0.3, 0.4) is 0 Å². The minimum absolute atomic E-state index is 0.0502. The van der Waals surface area contributed by atoms with Crippen LogP contribution in [0.25, 0.3) is 0 Å². The van der Waals surface area contributed by atoms with Crippen LogP contribution in [0.2, 0.25) is 10.0 Å². The number of nitrogens with one attached hydrogen (secondary N) is 1. The third-order valence-electron chi connectivity index (χ3n) is 3.00. The summed E-state index contributed by atoms with van der Waals surface area (Å²) in [6, 6.07) is 12.4. The summed E-state index contributed by atoms with van der Waals surface area (Å²) in [5.74, 6) is 0.412. The summed E-state index contributed by atoms with van der Waals surface area (Å²) in [4.78, 5) is 11.8. The molecule has 0 aromatic heterocycles. The topological polar surface area (TPSA) is 50.7 Å². The second-order valence-corrected chi connectivity index (χ2v) is 6.30. The lowest BCUT2D eigenvalue weighted by molar-refractivity contribution is -0.120. The van der Waals surface area contributed by atoms with Crippen molar-refractivity contribution < 1.29 is 9.53 Å². The molecule has 126 valence electrons. The van der Waals surface area contributed by atoms with Gasteiger partial charge in [-0.15, -0.1) is 0 Å². The molecular formula is C18H18Cl2N2O2. The molecule has 0 saturated carbocycles. The zero-order valence-corrected chi connectivity index (χ0v) is 14.9. The molecule has 0 spiro atoms. The van der Waals surface area contributed by atoms with Crippen molar-refractivity contribution in [2.24, 2.45) is 5.10 Å². The number of ether oxygens (including phenoxy) is 1. The van der Waals surface area contributed by atoms with Gasteiger partial charge >= 0.3 is 0 Å². The van der Waals surface area contributed by atoms with Crippen LogP contribution in [0.15, 0.2) is 47.6 Å². The predicted molar refractivity (Wildman–Crippen MR) is 98.1 cm³/mol. The van der Waals surface area contributed by atoms with E-state index in [1.807, 2.05) is 19.9 Å². The number of carbonyl (C=O) groups excluding carboxylic acids is 1. The van der Waals surface area contributed by atoms with E-state index in [9.17, 15) is 4.79 Å². The highest BCUT2D eigenvalue weighted by Gasteiger charge is 2.05. The van der Waals surface area contributed by atoms with Gasteiger partial charge in [-0.2, -0.15) is 5.10 Å². The number of amides is 1. The van der Waals surface area contributed by atoms with Crippen molar-refractivity contribution in [1.82, 2.24) is 5.43 Å². The fraction of sp³-hybridized carbons (Fsp3) is 0.222. The normalized spacial score (nSPS) is 11.0. The minimum Gasteiger partial charge on any atom is -0.489 e. The van der Waals surface area contributed by atoms with Crippen molar-refractivity contribution in [2.75, 3.05) is 0 Å². The van der Waals surface area contributed by atoms with Gasteiger partial charge in [-0.25, -0.2) is 5.43 Å². The largest absolute Gasteiger partial charge is 0.489 e. The number of rotatable bonds is 6. The number of nitrogens with zero attached hydrogens (tertiary/aromatic N) is 1. The van der Waals surface area contributed by atoms with Crippen molar-refractivity contribution in [3.05, 3.63) is 63.6 Å². The third kappa shape index (κ3) is 5.87. The van der Waals surface area contributed by atoms with Gasteiger partial charge in [-0.1, -0.05) is 35.3 Å². The van der Waals surface area contributed by atoms with Gasteiger partial charge in [0.05, 0.1) is 23.8 Å². The molecule has 6 heteroatoms. The summed E-state index contributed by atoms with van der Waals surface area (Å²) in [6.07, 6.45) is 1.82. The quantitative estimate of drug-likeness (QED) is 0.606. The Hall–Kier alpha value is -2.04. The number of hydrazone groups is 1. The molecule has 1 N–H and O–H groups in total. The number of hydrogen-bond acceptors (Lipinski definition) is 3. The number of carbonyl (C=O) groups is 1. The number of halogens is 2. The van der Waals surface area contributed by atoms with Crippen LogP contribution in [0.4, 0.5) is 0 Å². The molecule has 0 fully saturated rings. The lowest BCUT2D eigenvalue weighted by Gasteiger charge is -2.11. The Morgan fingerprint density at radius 2 is 1.92 bits per heavy atom.